The minimum atomic E-state index is 0.0582. The van der Waals surface area contributed by atoms with E-state index in [4.69, 9.17) is 15.0 Å². The van der Waals surface area contributed by atoms with Crippen LogP contribution in [0.15, 0.2) is 4.52 Å². The lowest BCUT2D eigenvalue weighted by Crippen LogP contribution is -2.20. The zero-order valence-corrected chi connectivity index (χ0v) is 10.7. The highest BCUT2D eigenvalue weighted by Gasteiger charge is 2.28. The Morgan fingerprint density at radius 3 is 2.67 bits per heavy atom. The van der Waals surface area contributed by atoms with Gasteiger partial charge >= 0.3 is 0 Å². The van der Waals surface area contributed by atoms with Crippen LogP contribution in [0.25, 0.3) is 0 Å². The van der Waals surface area contributed by atoms with E-state index in [9.17, 15) is 0 Å². The van der Waals surface area contributed by atoms with Gasteiger partial charge < -0.3 is 15.0 Å². The third kappa shape index (κ3) is 2.42. The van der Waals surface area contributed by atoms with Gasteiger partial charge in [-0.25, -0.2) is 0 Å². The number of hydrogen-bond acceptors (Lipinski definition) is 5. The third-order valence-corrected chi connectivity index (χ3v) is 4.20. The van der Waals surface area contributed by atoms with E-state index >= 15 is 0 Å². The van der Waals surface area contributed by atoms with Crippen molar-refractivity contribution >= 4 is 0 Å². The van der Waals surface area contributed by atoms with Gasteiger partial charge in [-0.15, -0.1) is 0 Å². The second-order valence-electron chi connectivity index (χ2n) is 5.45. The van der Waals surface area contributed by atoms with Gasteiger partial charge in [0.15, 0.2) is 0 Å². The Morgan fingerprint density at radius 1 is 1.17 bits per heavy atom. The molecular formula is C13H21N3O2. The molecule has 2 fully saturated rings. The highest BCUT2D eigenvalue weighted by atomic mass is 16.5. The molecule has 5 heteroatoms. The summed E-state index contributed by atoms with van der Waals surface area (Å²) in [5.41, 5.74) is 5.71. The molecule has 5 nitrogen and oxygen atoms in total. The van der Waals surface area contributed by atoms with Crippen LogP contribution < -0.4 is 5.73 Å². The average Bonchev–Trinajstić information content (AvgIpc) is 3.09. The standard InChI is InChI=1S/C13H21N3O2/c14-8-9-3-5-10(6-4-9)13-15-12(16-18-13)11-2-1-7-17-11/h9-11H,1-8,14H2. The molecule has 18 heavy (non-hydrogen) atoms. The summed E-state index contributed by atoms with van der Waals surface area (Å²) >= 11 is 0. The summed E-state index contributed by atoms with van der Waals surface area (Å²) in [4.78, 5) is 4.53. The van der Waals surface area contributed by atoms with Crippen LogP contribution in [0.3, 0.4) is 0 Å². The van der Waals surface area contributed by atoms with Crippen molar-refractivity contribution in [3.05, 3.63) is 11.7 Å². The maximum atomic E-state index is 5.71. The fourth-order valence-electron chi connectivity index (χ4n) is 2.97. The predicted octanol–water partition coefficient (Wildman–Crippen LogP) is 2.15. The molecule has 0 amide bonds. The fourth-order valence-corrected chi connectivity index (χ4v) is 2.97. The minimum absolute atomic E-state index is 0.0582. The number of rotatable bonds is 3. The third-order valence-electron chi connectivity index (χ3n) is 4.20. The highest BCUT2D eigenvalue weighted by Crippen LogP contribution is 2.35. The number of hydrogen-bond donors (Lipinski definition) is 1. The van der Waals surface area contributed by atoms with Gasteiger partial charge in [-0.3, -0.25) is 0 Å². The van der Waals surface area contributed by atoms with E-state index < -0.39 is 0 Å². The number of ether oxygens (including phenoxy) is 1. The predicted molar refractivity (Wildman–Crippen MR) is 66.0 cm³/mol. The lowest BCUT2D eigenvalue weighted by molar-refractivity contribution is 0.103. The van der Waals surface area contributed by atoms with E-state index in [1.165, 1.54) is 12.8 Å². The second kappa shape index (κ2) is 5.36. The largest absolute Gasteiger partial charge is 0.370 e. The summed E-state index contributed by atoms with van der Waals surface area (Å²) in [5, 5.41) is 4.08. The topological polar surface area (TPSA) is 74.2 Å². The number of nitrogens with zero attached hydrogens (tertiary/aromatic N) is 2. The molecule has 1 saturated heterocycles. The summed E-state index contributed by atoms with van der Waals surface area (Å²) in [7, 11) is 0. The maximum Gasteiger partial charge on any atom is 0.229 e. The molecule has 1 atom stereocenters. The summed E-state index contributed by atoms with van der Waals surface area (Å²) < 4.78 is 11.0. The molecule has 0 aromatic carbocycles. The Labute approximate surface area is 107 Å². The lowest BCUT2D eigenvalue weighted by Gasteiger charge is -2.24. The molecule has 1 aromatic rings. The molecule has 2 heterocycles. The van der Waals surface area contributed by atoms with Crippen molar-refractivity contribution in [2.24, 2.45) is 11.7 Å². The molecule has 0 spiro atoms. The zero-order chi connectivity index (χ0) is 12.4. The fraction of sp³-hybridized carbons (Fsp3) is 0.846. The molecule has 1 aliphatic carbocycles. The molecule has 2 N–H and O–H groups in total. The highest BCUT2D eigenvalue weighted by molar-refractivity contribution is 4.99. The van der Waals surface area contributed by atoms with Crippen molar-refractivity contribution < 1.29 is 9.26 Å². The van der Waals surface area contributed by atoms with Crippen LogP contribution in [0.2, 0.25) is 0 Å². The first kappa shape index (κ1) is 12.1. The molecule has 0 radical (unpaired) electrons. The minimum Gasteiger partial charge on any atom is -0.370 e. The molecule has 1 aromatic heterocycles. The first-order chi connectivity index (χ1) is 8.86. The van der Waals surface area contributed by atoms with Crippen LogP contribution in [0.1, 0.15) is 62.3 Å². The lowest BCUT2D eigenvalue weighted by atomic mass is 9.82. The van der Waals surface area contributed by atoms with Crippen LogP contribution in [0.5, 0.6) is 0 Å². The van der Waals surface area contributed by atoms with Crippen molar-refractivity contribution in [2.75, 3.05) is 13.2 Å². The van der Waals surface area contributed by atoms with Gasteiger partial charge in [0.1, 0.15) is 6.10 Å². The van der Waals surface area contributed by atoms with Crippen LogP contribution in [-0.4, -0.2) is 23.3 Å². The molecule has 1 saturated carbocycles. The first-order valence-electron chi connectivity index (χ1n) is 7.02. The molecule has 3 rings (SSSR count). The molecule has 100 valence electrons. The monoisotopic (exact) mass is 251 g/mol. The van der Waals surface area contributed by atoms with E-state index in [1.54, 1.807) is 0 Å². The molecule has 2 aliphatic rings. The van der Waals surface area contributed by atoms with Gasteiger partial charge in [0.25, 0.3) is 0 Å². The Morgan fingerprint density at radius 2 is 2.00 bits per heavy atom. The van der Waals surface area contributed by atoms with E-state index in [1.807, 2.05) is 0 Å². The van der Waals surface area contributed by atoms with Gasteiger partial charge in [0.05, 0.1) is 0 Å². The quantitative estimate of drug-likeness (QED) is 0.891. The Hall–Kier alpha value is -0.940. The van der Waals surface area contributed by atoms with Crippen LogP contribution in [0.4, 0.5) is 0 Å². The molecular weight excluding hydrogens is 230 g/mol. The summed E-state index contributed by atoms with van der Waals surface area (Å²) in [6.07, 6.45) is 6.76. The smallest absolute Gasteiger partial charge is 0.229 e. The van der Waals surface area contributed by atoms with E-state index in [0.29, 0.717) is 11.8 Å². The number of aromatic nitrogens is 2. The SMILES string of the molecule is NCC1CCC(c2nc(C3CCCO3)no2)CC1. The normalized spacial score (nSPS) is 32.8. The van der Waals surface area contributed by atoms with Crippen molar-refractivity contribution in [2.45, 2.75) is 50.5 Å². The van der Waals surface area contributed by atoms with Crippen molar-refractivity contribution in [1.29, 1.82) is 0 Å². The summed E-state index contributed by atoms with van der Waals surface area (Å²) in [6, 6.07) is 0. The van der Waals surface area contributed by atoms with Crippen LogP contribution in [0, 0.1) is 5.92 Å². The van der Waals surface area contributed by atoms with Crippen LogP contribution >= 0.6 is 0 Å². The van der Waals surface area contributed by atoms with Gasteiger partial charge in [-0.1, -0.05) is 5.16 Å². The van der Waals surface area contributed by atoms with Crippen LogP contribution in [-0.2, 0) is 4.74 Å². The Balaban J connectivity index is 1.62. The van der Waals surface area contributed by atoms with E-state index in [0.717, 1.165) is 50.6 Å². The first-order valence-corrected chi connectivity index (χ1v) is 7.02. The van der Waals surface area contributed by atoms with Crippen molar-refractivity contribution in [3.8, 4) is 0 Å². The van der Waals surface area contributed by atoms with Gasteiger partial charge in [0.2, 0.25) is 11.7 Å². The molecule has 1 aliphatic heterocycles. The Kier molecular flexibility index (Phi) is 3.61. The van der Waals surface area contributed by atoms with Crippen molar-refractivity contribution in [1.82, 2.24) is 10.1 Å². The molecule has 0 bridgehead atoms. The maximum absolute atomic E-state index is 5.71. The summed E-state index contributed by atoms with van der Waals surface area (Å²) in [5.74, 6) is 2.65. The number of nitrogens with two attached hydrogens (primary N) is 1. The van der Waals surface area contributed by atoms with Crippen molar-refractivity contribution in [3.63, 3.8) is 0 Å². The molecule has 1 unspecified atom stereocenters. The Bertz CT molecular complexity index is 379. The van der Waals surface area contributed by atoms with Gasteiger partial charge in [-0.05, 0) is 51.0 Å². The average molecular weight is 251 g/mol. The summed E-state index contributed by atoms with van der Waals surface area (Å²) in [6.45, 7) is 1.62. The second-order valence-corrected chi connectivity index (χ2v) is 5.45. The van der Waals surface area contributed by atoms with Gasteiger partial charge in [0, 0.05) is 12.5 Å². The zero-order valence-electron chi connectivity index (χ0n) is 10.7. The van der Waals surface area contributed by atoms with Gasteiger partial charge in [-0.2, -0.15) is 4.98 Å². The van der Waals surface area contributed by atoms with E-state index in [-0.39, 0.29) is 6.10 Å². The van der Waals surface area contributed by atoms with E-state index in [2.05, 4.69) is 10.1 Å².